The van der Waals surface area contributed by atoms with Crippen LogP contribution >= 0.6 is 35.3 Å². The van der Waals surface area contributed by atoms with Gasteiger partial charge in [0.2, 0.25) is 0 Å². The predicted molar refractivity (Wildman–Crippen MR) is 62.2 cm³/mol. The molecule has 0 aromatic rings. The Balaban J connectivity index is 2.88. The molecular formula is C8H12O2S3. The molecule has 1 N–H and O–H groups in total. The maximum Gasteiger partial charge on any atom is 0.312 e. The van der Waals surface area contributed by atoms with Crippen LogP contribution in [0.25, 0.3) is 0 Å². The van der Waals surface area contributed by atoms with E-state index in [2.05, 4.69) is 0 Å². The summed E-state index contributed by atoms with van der Waals surface area (Å²) < 4.78 is 0.883. The fraction of sp³-hybridized carbons (Fsp3) is 0.625. The summed E-state index contributed by atoms with van der Waals surface area (Å²) >= 11 is 4.88. The van der Waals surface area contributed by atoms with Crippen LogP contribution in [0.15, 0.2) is 10.3 Å². The molecule has 13 heavy (non-hydrogen) atoms. The van der Waals surface area contributed by atoms with Crippen molar-refractivity contribution in [2.45, 2.75) is 11.0 Å². The van der Waals surface area contributed by atoms with Crippen LogP contribution < -0.4 is 0 Å². The summed E-state index contributed by atoms with van der Waals surface area (Å²) in [6, 6.07) is 0. The van der Waals surface area contributed by atoms with Gasteiger partial charge in [-0.1, -0.05) is 0 Å². The van der Waals surface area contributed by atoms with Crippen molar-refractivity contribution in [1.29, 1.82) is 0 Å². The summed E-state index contributed by atoms with van der Waals surface area (Å²) in [5.41, 5.74) is 0. The van der Waals surface area contributed by atoms with Gasteiger partial charge in [-0.15, -0.1) is 35.3 Å². The fourth-order valence-electron chi connectivity index (χ4n) is 1.16. The molecule has 0 aromatic heterocycles. The van der Waals surface area contributed by atoms with E-state index in [1.54, 1.807) is 35.3 Å². The van der Waals surface area contributed by atoms with Crippen molar-refractivity contribution in [3.8, 4) is 0 Å². The van der Waals surface area contributed by atoms with Gasteiger partial charge in [0.25, 0.3) is 0 Å². The lowest BCUT2D eigenvalue weighted by molar-refractivity contribution is -0.140. The van der Waals surface area contributed by atoms with Gasteiger partial charge in [0.05, 0.1) is 4.08 Å². The Morgan fingerprint density at radius 1 is 1.69 bits per heavy atom. The molecule has 0 radical (unpaired) electrons. The van der Waals surface area contributed by atoms with Crippen LogP contribution in [0.4, 0.5) is 0 Å². The molecule has 0 fully saturated rings. The highest BCUT2D eigenvalue weighted by Crippen LogP contribution is 2.54. The number of aliphatic carboxylic acids is 1. The van der Waals surface area contributed by atoms with Crippen molar-refractivity contribution in [2.24, 2.45) is 5.92 Å². The van der Waals surface area contributed by atoms with Crippen LogP contribution in [0.3, 0.4) is 0 Å². The molecule has 0 saturated heterocycles. The summed E-state index contributed by atoms with van der Waals surface area (Å²) in [5, 5.41) is 9.01. The highest BCUT2D eigenvalue weighted by molar-refractivity contribution is 8.28. The van der Waals surface area contributed by atoms with Crippen molar-refractivity contribution in [3.63, 3.8) is 0 Å². The maximum atomic E-state index is 11.0. The van der Waals surface area contributed by atoms with Gasteiger partial charge in [-0.3, -0.25) is 4.79 Å². The van der Waals surface area contributed by atoms with Gasteiger partial charge < -0.3 is 5.11 Å². The lowest BCUT2D eigenvalue weighted by Gasteiger charge is -2.25. The standard InChI is InChI=1S/C8H12O2S3/c1-8(12-3)5(7(9)10)4-6(11-2)13-8/h4-5H,1-3H3,(H,9,10). The van der Waals surface area contributed by atoms with Crippen LogP contribution in [0.5, 0.6) is 0 Å². The van der Waals surface area contributed by atoms with Crippen LogP contribution in [-0.4, -0.2) is 27.7 Å². The Kier molecular flexibility index (Phi) is 3.65. The Morgan fingerprint density at radius 2 is 2.31 bits per heavy atom. The smallest absolute Gasteiger partial charge is 0.312 e. The number of thioether (sulfide) groups is 3. The third-order valence-corrected chi connectivity index (χ3v) is 6.14. The van der Waals surface area contributed by atoms with E-state index < -0.39 is 5.97 Å². The first-order valence-electron chi connectivity index (χ1n) is 3.76. The Bertz CT molecular complexity index is 252. The van der Waals surface area contributed by atoms with E-state index >= 15 is 0 Å². The molecule has 2 unspecified atom stereocenters. The van der Waals surface area contributed by atoms with E-state index in [1.165, 1.54) is 0 Å². The molecule has 1 aliphatic rings. The molecule has 0 aromatic carbocycles. The highest BCUT2D eigenvalue weighted by atomic mass is 32.2. The third-order valence-electron chi connectivity index (χ3n) is 2.04. The largest absolute Gasteiger partial charge is 0.481 e. The highest BCUT2D eigenvalue weighted by Gasteiger charge is 2.43. The molecule has 0 amide bonds. The summed E-state index contributed by atoms with van der Waals surface area (Å²) in [5.74, 6) is -1.09. The topological polar surface area (TPSA) is 37.3 Å². The molecule has 2 atom stereocenters. The minimum absolute atomic E-state index is 0.232. The molecule has 1 heterocycles. The fourth-order valence-corrected chi connectivity index (χ4v) is 4.37. The summed E-state index contributed by atoms with van der Waals surface area (Å²) in [6.45, 7) is 1.99. The monoisotopic (exact) mass is 236 g/mol. The van der Waals surface area contributed by atoms with Crippen molar-refractivity contribution in [3.05, 3.63) is 10.3 Å². The Hall–Kier alpha value is 0.260. The Labute approximate surface area is 90.9 Å². The Morgan fingerprint density at radius 3 is 2.62 bits per heavy atom. The van der Waals surface area contributed by atoms with E-state index in [0.29, 0.717) is 0 Å². The summed E-state index contributed by atoms with van der Waals surface area (Å²) in [4.78, 5) is 11.0. The molecule has 0 aliphatic carbocycles. The number of hydrogen-bond donors (Lipinski definition) is 1. The van der Waals surface area contributed by atoms with Crippen LogP contribution in [0, 0.1) is 5.92 Å². The van der Waals surface area contributed by atoms with Crippen molar-refractivity contribution in [1.82, 2.24) is 0 Å². The number of carboxylic acids is 1. The summed E-state index contributed by atoms with van der Waals surface area (Å²) in [7, 11) is 0. The zero-order valence-corrected chi connectivity index (χ0v) is 10.2. The van der Waals surface area contributed by atoms with Crippen molar-refractivity contribution < 1.29 is 9.90 Å². The molecule has 2 nitrogen and oxygen atoms in total. The minimum Gasteiger partial charge on any atom is -0.481 e. The lowest BCUT2D eigenvalue weighted by atomic mass is 10.1. The van der Waals surface area contributed by atoms with E-state index in [0.717, 1.165) is 4.24 Å². The number of carbonyl (C=O) groups is 1. The van der Waals surface area contributed by atoms with Gasteiger partial charge in [-0.2, -0.15) is 0 Å². The quantitative estimate of drug-likeness (QED) is 0.815. The van der Waals surface area contributed by atoms with Crippen LogP contribution in [0.1, 0.15) is 6.92 Å². The first-order valence-corrected chi connectivity index (χ1v) is 7.03. The molecule has 5 heteroatoms. The van der Waals surface area contributed by atoms with Gasteiger partial charge in [0.15, 0.2) is 0 Å². The minimum atomic E-state index is -0.728. The van der Waals surface area contributed by atoms with Gasteiger partial charge >= 0.3 is 5.97 Å². The first-order chi connectivity index (χ1) is 6.03. The average Bonchev–Trinajstić information content (AvgIpc) is 2.44. The molecular weight excluding hydrogens is 224 g/mol. The molecule has 1 aliphatic heterocycles. The number of hydrogen-bond acceptors (Lipinski definition) is 4. The molecule has 74 valence electrons. The second-order valence-electron chi connectivity index (χ2n) is 2.83. The SMILES string of the molecule is CSC1=CC(C(=O)O)C(C)(SC)S1. The molecule has 0 saturated carbocycles. The van der Waals surface area contributed by atoms with Gasteiger partial charge in [0, 0.05) is 4.24 Å². The average molecular weight is 236 g/mol. The summed E-state index contributed by atoms with van der Waals surface area (Å²) in [6.07, 6.45) is 5.79. The zero-order chi connectivity index (χ0) is 10.1. The van der Waals surface area contributed by atoms with Crippen LogP contribution in [-0.2, 0) is 4.79 Å². The number of rotatable bonds is 3. The van der Waals surface area contributed by atoms with Gasteiger partial charge in [0.1, 0.15) is 5.92 Å². The molecule has 0 spiro atoms. The van der Waals surface area contributed by atoms with Crippen molar-refractivity contribution in [2.75, 3.05) is 12.5 Å². The van der Waals surface area contributed by atoms with Crippen LogP contribution in [0.2, 0.25) is 0 Å². The van der Waals surface area contributed by atoms with E-state index in [-0.39, 0.29) is 10.00 Å². The van der Waals surface area contributed by atoms with E-state index in [4.69, 9.17) is 5.11 Å². The van der Waals surface area contributed by atoms with E-state index in [1.807, 2.05) is 25.5 Å². The first kappa shape index (κ1) is 11.3. The number of carboxylic acid groups (broad SMARTS) is 1. The molecule has 0 bridgehead atoms. The van der Waals surface area contributed by atoms with Gasteiger partial charge in [-0.25, -0.2) is 0 Å². The lowest BCUT2D eigenvalue weighted by Crippen LogP contribution is -2.28. The maximum absolute atomic E-state index is 11.0. The predicted octanol–water partition coefficient (Wildman–Crippen LogP) is 2.72. The third kappa shape index (κ3) is 2.19. The van der Waals surface area contributed by atoms with Crippen molar-refractivity contribution >= 4 is 41.3 Å². The zero-order valence-electron chi connectivity index (χ0n) is 7.73. The molecule has 1 rings (SSSR count). The van der Waals surface area contributed by atoms with Gasteiger partial charge in [-0.05, 0) is 25.5 Å². The normalized spacial score (nSPS) is 33.2. The second kappa shape index (κ2) is 4.19. The van der Waals surface area contributed by atoms with E-state index in [9.17, 15) is 4.79 Å². The second-order valence-corrected chi connectivity index (χ2v) is 6.94.